The Labute approximate surface area is 135 Å². The van der Waals surface area contributed by atoms with Gasteiger partial charge in [0.2, 0.25) is 0 Å². The third kappa shape index (κ3) is 2.23. The molecule has 22 heavy (non-hydrogen) atoms. The predicted molar refractivity (Wildman–Crippen MR) is 89.3 cm³/mol. The van der Waals surface area contributed by atoms with Gasteiger partial charge < -0.3 is 5.32 Å². The molecule has 2 bridgehead atoms. The molecule has 3 rings (SSSR count). The fraction of sp³-hybridized carbons (Fsp3) is 0.611. The summed E-state index contributed by atoms with van der Waals surface area (Å²) in [5.41, 5.74) is 1.14. The molecular formula is C18H25NO2S. The summed E-state index contributed by atoms with van der Waals surface area (Å²) in [5, 5.41) is 3.26. The monoisotopic (exact) mass is 319 g/mol. The lowest BCUT2D eigenvalue weighted by Crippen LogP contribution is -2.46. The first-order valence-electron chi connectivity index (χ1n) is 8.00. The number of carbonyl (C=O) groups excluding carboxylic acids is 1. The fourth-order valence-corrected chi connectivity index (χ4v) is 4.98. The SMILES string of the molecule is CS(=O)c1ccc(C(=O)NC2CC3CCC2(C)C3(C)C)cc1. The maximum Gasteiger partial charge on any atom is 0.251 e. The third-order valence-corrected chi connectivity index (χ3v) is 7.48. The first-order chi connectivity index (χ1) is 10.3. The lowest BCUT2D eigenvalue weighted by molar-refractivity contribution is 0.0826. The molecule has 0 spiro atoms. The van der Waals surface area contributed by atoms with E-state index in [2.05, 4.69) is 26.1 Å². The van der Waals surface area contributed by atoms with Gasteiger partial charge in [-0.25, -0.2) is 0 Å². The van der Waals surface area contributed by atoms with Crippen LogP contribution in [0.15, 0.2) is 29.2 Å². The van der Waals surface area contributed by atoms with Crippen molar-refractivity contribution in [2.75, 3.05) is 6.26 Å². The minimum atomic E-state index is -1.00. The lowest BCUT2D eigenvalue weighted by atomic mass is 9.69. The zero-order valence-corrected chi connectivity index (χ0v) is 14.6. The van der Waals surface area contributed by atoms with Crippen LogP contribution in [-0.4, -0.2) is 22.4 Å². The van der Waals surface area contributed by atoms with E-state index in [4.69, 9.17) is 0 Å². The van der Waals surface area contributed by atoms with E-state index >= 15 is 0 Å². The second-order valence-corrected chi connectivity index (χ2v) is 8.99. The van der Waals surface area contributed by atoms with Crippen LogP contribution in [0, 0.1) is 16.7 Å². The van der Waals surface area contributed by atoms with Crippen LogP contribution in [0.1, 0.15) is 50.4 Å². The molecule has 0 aliphatic heterocycles. The van der Waals surface area contributed by atoms with Gasteiger partial charge in [-0.05, 0) is 60.3 Å². The first-order valence-corrected chi connectivity index (χ1v) is 9.56. The van der Waals surface area contributed by atoms with Gasteiger partial charge in [0.05, 0.1) is 0 Å². The van der Waals surface area contributed by atoms with Gasteiger partial charge in [0.25, 0.3) is 5.91 Å². The molecule has 120 valence electrons. The number of hydrogen-bond acceptors (Lipinski definition) is 2. The summed E-state index contributed by atoms with van der Waals surface area (Å²) in [6.45, 7) is 7.03. The van der Waals surface area contributed by atoms with Crippen LogP contribution in [0.2, 0.25) is 0 Å². The number of amides is 1. The van der Waals surface area contributed by atoms with Crippen molar-refractivity contribution in [3.63, 3.8) is 0 Å². The summed E-state index contributed by atoms with van der Waals surface area (Å²) in [6, 6.07) is 7.35. The molecule has 1 N–H and O–H groups in total. The molecule has 1 amide bonds. The summed E-state index contributed by atoms with van der Waals surface area (Å²) in [5.74, 6) is 0.704. The molecule has 1 aromatic rings. The quantitative estimate of drug-likeness (QED) is 0.928. The zero-order valence-electron chi connectivity index (χ0n) is 13.8. The van der Waals surface area contributed by atoms with Crippen molar-refractivity contribution < 1.29 is 9.00 Å². The van der Waals surface area contributed by atoms with Crippen LogP contribution in [0.25, 0.3) is 0 Å². The number of rotatable bonds is 3. The molecule has 2 aliphatic rings. The Morgan fingerprint density at radius 1 is 1.23 bits per heavy atom. The Morgan fingerprint density at radius 3 is 2.32 bits per heavy atom. The topological polar surface area (TPSA) is 46.2 Å². The van der Waals surface area contributed by atoms with Gasteiger partial charge in [-0.2, -0.15) is 0 Å². The molecule has 1 aromatic carbocycles. The Kier molecular flexibility index (Phi) is 3.71. The third-order valence-electron chi connectivity index (χ3n) is 6.55. The Balaban J connectivity index is 1.74. The minimum absolute atomic E-state index is 0.0111. The van der Waals surface area contributed by atoms with Crippen molar-refractivity contribution in [3.8, 4) is 0 Å². The molecule has 2 fully saturated rings. The van der Waals surface area contributed by atoms with Gasteiger partial charge in [-0.3, -0.25) is 9.00 Å². The van der Waals surface area contributed by atoms with Crippen molar-refractivity contribution in [2.24, 2.45) is 16.7 Å². The van der Waals surface area contributed by atoms with Crippen molar-refractivity contribution in [1.29, 1.82) is 0 Å². The average molecular weight is 319 g/mol. The molecule has 2 aliphatic carbocycles. The van der Waals surface area contributed by atoms with Gasteiger partial charge in [-0.15, -0.1) is 0 Å². The fourth-order valence-electron chi connectivity index (χ4n) is 4.46. The van der Waals surface area contributed by atoms with Gasteiger partial charge >= 0.3 is 0 Å². The average Bonchev–Trinajstić information content (AvgIpc) is 2.80. The largest absolute Gasteiger partial charge is 0.349 e. The molecule has 0 heterocycles. The van der Waals surface area contributed by atoms with Crippen molar-refractivity contribution in [3.05, 3.63) is 29.8 Å². The van der Waals surface area contributed by atoms with E-state index < -0.39 is 10.8 Å². The molecule has 0 aromatic heterocycles. The summed E-state index contributed by atoms with van der Waals surface area (Å²) >= 11 is 0. The smallest absolute Gasteiger partial charge is 0.251 e. The number of nitrogens with one attached hydrogen (secondary N) is 1. The van der Waals surface area contributed by atoms with E-state index in [1.807, 2.05) is 0 Å². The number of benzene rings is 1. The molecule has 3 nitrogen and oxygen atoms in total. The van der Waals surface area contributed by atoms with Gasteiger partial charge in [0.15, 0.2) is 0 Å². The second kappa shape index (κ2) is 5.19. The molecular weight excluding hydrogens is 294 g/mol. The second-order valence-electron chi connectivity index (χ2n) is 7.62. The summed E-state index contributed by atoms with van der Waals surface area (Å²) in [4.78, 5) is 13.3. The highest BCUT2D eigenvalue weighted by atomic mass is 32.2. The van der Waals surface area contributed by atoms with E-state index in [1.165, 1.54) is 12.8 Å². The highest BCUT2D eigenvalue weighted by Gasteiger charge is 2.61. The van der Waals surface area contributed by atoms with Crippen LogP contribution >= 0.6 is 0 Å². The van der Waals surface area contributed by atoms with E-state index in [0.29, 0.717) is 16.9 Å². The van der Waals surface area contributed by atoms with Gasteiger partial charge in [0.1, 0.15) is 0 Å². The number of fused-ring (bicyclic) bond motifs is 2. The maximum absolute atomic E-state index is 12.5. The van der Waals surface area contributed by atoms with Gasteiger partial charge in [0, 0.05) is 33.6 Å². The van der Waals surface area contributed by atoms with Crippen molar-refractivity contribution in [2.45, 2.75) is 51.0 Å². The molecule has 4 heteroatoms. The molecule has 4 unspecified atom stereocenters. The van der Waals surface area contributed by atoms with Crippen LogP contribution in [0.3, 0.4) is 0 Å². The van der Waals surface area contributed by atoms with Crippen LogP contribution < -0.4 is 5.32 Å². The molecule has 4 atom stereocenters. The Morgan fingerprint density at radius 2 is 1.86 bits per heavy atom. The first kappa shape index (κ1) is 15.7. The highest BCUT2D eigenvalue weighted by molar-refractivity contribution is 7.84. The van der Waals surface area contributed by atoms with Crippen LogP contribution in [-0.2, 0) is 10.8 Å². The summed E-state index contributed by atoms with van der Waals surface area (Å²) in [6.07, 6.45) is 5.22. The lowest BCUT2D eigenvalue weighted by Gasteiger charge is -2.39. The van der Waals surface area contributed by atoms with Crippen LogP contribution in [0.5, 0.6) is 0 Å². The molecule has 0 radical (unpaired) electrons. The standard InChI is InChI=1S/C18H25NO2S/c1-17(2)13-9-10-18(17,3)15(11-13)19-16(20)12-5-7-14(8-6-12)22(4)21/h5-8,13,15H,9-11H2,1-4H3,(H,19,20). The number of hydrogen-bond donors (Lipinski definition) is 1. The van der Waals surface area contributed by atoms with E-state index in [1.54, 1.807) is 30.5 Å². The van der Waals surface area contributed by atoms with E-state index in [-0.39, 0.29) is 17.4 Å². The van der Waals surface area contributed by atoms with E-state index in [0.717, 1.165) is 11.3 Å². The Bertz CT molecular complexity index is 622. The molecule has 2 saturated carbocycles. The van der Waals surface area contributed by atoms with Crippen molar-refractivity contribution >= 4 is 16.7 Å². The molecule has 0 saturated heterocycles. The zero-order chi connectivity index (χ0) is 16.1. The number of carbonyl (C=O) groups is 1. The van der Waals surface area contributed by atoms with Gasteiger partial charge in [-0.1, -0.05) is 20.8 Å². The predicted octanol–water partition coefficient (Wildman–Crippen LogP) is 3.37. The van der Waals surface area contributed by atoms with E-state index in [9.17, 15) is 9.00 Å². The Hall–Kier alpha value is -1.16. The summed E-state index contributed by atoms with van der Waals surface area (Å²) < 4.78 is 11.4. The highest BCUT2D eigenvalue weighted by Crippen LogP contribution is 2.65. The summed E-state index contributed by atoms with van der Waals surface area (Å²) in [7, 11) is -1.00. The normalized spacial score (nSPS) is 33.6. The van der Waals surface area contributed by atoms with Crippen molar-refractivity contribution in [1.82, 2.24) is 5.32 Å². The maximum atomic E-state index is 12.5. The van der Waals surface area contributed by atoms with Crippen LogP contribution in [0.4, 0.5) is 0 Å². The minimum Gasteiger partial charge on any atom is -0.349 e.